The molecule has 0 atom stereocenters. The van der Waals surface area contributed by atoms with Crippen LogP contribution in [0.15, 0.2) is 35.2 Å². The van der Waals surface area contributed by atoms with E-state index in [-0.39, 0.29) is 16.1 Å². The Balaban J connectivity index is 2.23. The maximum atomic E-state index is 12.8. The van der Waals surface area contributed by atoms with Gasteiger partial charge in [0.15, 0.2) is 5.78 Å². The van der Waals surface area contributed by atoms with Crippen molar-refractivity contribution in [1.82, 2.24) is 9.19 Å². The van der Waals surface area contributed by atoms with Crippen molar-refractivity contribution in [1.29, 1.82) is 0 Å². The Kier molecular flexibility index (Phi) is 3.25. The van der Waals surface area contributed by atoms with Crippen LogP contribution in [-0.4, -0.2) is 23.4 Å². The molecule has 0 radical (unpaired) electrons. The normalized spacial score (nSPS) is 17.3. The highest BCUT2D eigenvalue weighted by Crippen LogP contribution is 2.37. The van der Waals surface area contributed by atoms with Gasteiger partial charge in [0.1, 0.15) is 0 Å². The molecule has 0 spiro atoms. The summed E-state index contributed by atoms with van der Waals surface area (Å²) in [5.41, 5.74) is 1.19. The highest BCUT2D eigenvalue weighted by Gasteiger charge is 2.38. The Morgan fingerprint density at radius 3 is 2.41 bits per heavy atom. The molecule has 1 aliphatic carbocycles. The number of hydrogen-bond donors (Lipinski definition) is 0. The van der Waals surface area contributed by atoms with Crippen molar-refractivity contribution in [2.24, 2.45) is 5.41 Å². The Morgan fingerprint density at radius 1 is 1.14 bits per heavy atom. The summed E-state index contributed by atoms with van der Waals surface area (Å²) in [5, 5.41) is 4.16. The van der Waals surface area contributed by atoms with Crippen LogP contribution in [0.5, 0.6) is 0 Å². The summed E-state index contributed by atoms with van der Waals surface area (Å²) in [5.74, 6) is -0.0294. The first kappa shape index (κ1) is 15.0. The number of carbonyl (C=O) groups is 1. The van der Waals surface area contributed by atoms with E-state index in [0.717, 1.165) is 4.09 Å². The molecular formula is C16H18N2O3S. The molecule has 1 aliphatic rings. The van der Waals surface area contributed by atoms with Crippen molar-refractivity contribution in [2.45, 2.75) is 38.5 Å². The molecule has 3 rings (SSSR count). The van der Waals surface area contributed by atoms with Crippen LogP contribution in [-0.2, 0) is 16.4 Å². The molecule has 0 N–H and O–H groups in total. The SMILES string of the molecule is Cc1nn(S(=O)(=O)c2ccccc2)c2c1C(=O)CC(C)(C)C2. The van der Waals surface area contributed by atoms with Crippen LogP contribution in [0.25, 0.3) is 0 Å². The molecule has 1 aromatic heterocycles. The fourth-order valence-corrected chi connectivity index (χ4v) is 4.38. The number of carbonyl (C=O) groups excluding carboxylic acids is 1. The zero-order chi connectivity index (χ0) is 16.1. The standard InChI is InChI=1S/C16H18N2O3S/c1-11-15-13(9-16(2,3)10-14(15)19)18(17-11)22(20,21)12-7-5-4-6-8-12/h4-8H,9-10H2,1-3H3. The lowest BCUT2D eigenvalue weighted by Crippen LogP contribution is -2.30. The van der Waals surface area contributed by atoms with Gasteiger partial charge in [0, 0.05) is 6.42 Å². The van der Waals surface area contributed by atoms with Gasteiger partial charge in [-0.15, -0.1) is 0 Å². The van der Waals surface area contributed by atoms with Crippen LogP contribution in [0, 0.1) is 12.3 Å². The van der Waals surface area contributed by atoms with E-state index < -0.39 is 10.0 Å². The number of aryl methyl sites for hydroxylation is 1. The summed E-state index contributed by atoms with van der Waals surface area (Å²) in [6.45, 7) is 5.62. The van der Waals surface area contributed by atoms with Gasteiger partial charge >= 0.3 is 0 Å². The predicted octanol–water partition coefficient (Wildman–Crippen LogP) is 2.58. The Labute approximate surface area is 130 Å². The molecule has 0 saturated carbocycles. The van der Waals surface area contributed by atoms with E-state index in [4.69, 9.17) is 0 Å². The van der Waals surface area contributed by atoms with Crippen LogP contribution >= 0.6 is 0 Å². The number of fused-ring (bicyclic) bond motifs is 1. The van der Waals surface area contributed by atoms with E-state index in [9.17, 15) is 13.2 Å². The third-order valence-electron chi connectivity index (χ3n) is 3.95. The van der Waals surface area contributed by atoms with Crippen LogP contribution in [0.4, 0.5) is 0 Å². The van der Waals surface area contributed by atoms with Gasteiger partial charge in [-0.3, -0.25) is 4.79 Å². The second-order valence-electron chi connectivity index (χ2n) is 6.51. The zero-order valence-electron chi connectivity index (χ0n) is 12.8. The van der Waals surface area contributed by atoms with Gasteiger partial charge < -0.3 is 0 Å². The van der Waals surface area contributed by atoms with Gasteiger partial charge in [0.25, 0.3) is 10.0 Å². The summed E-state index contributed by atoms with van der Waals surface area (Å²) in [4.78, 5) is 12.5. The first-order valence-electron chi connectivity index (χ1n) is 7.15. The molecule has 2 aromatic rings. The maximum Gasteiger partial charge on any atom is 0.283 e. The summed E-state index contributed by atoms with van der Waals surface area (Å²) in [6.07, 6.45) is 0.929. The molecule has 1 heterocycles. The van der Waals surface area contributed by atoms with Crippen LogP contribution < -0.4 is 0 Å². The van der Waals surface area contributed by atoms with Crippen molar-refractivity contribution in [3.63, 3.8) is 0 Å². The average Bonchev–Trinajstić information content (AvgIpc) is 2.76. The lowest BCUT2D eigenvalue weighted by atomic mass is 9.76. The topological polar surface area (TPSA) is 69.0 Å². The van der Waals surface area contributed by atoms with Gasteiger partial charge in [0.05, 0.1) is 21.8 Å². The third-order valence-corrected chi connectivity index (χ3v) is 5.58. The fraction of sp³-hybridized carbons (Fsp3) is 0.375. The van der Waals surface area contributed by atoms with Crippen molar-refractivity contribution in [2.75, 3.05) is 0 Å². The molecule has 5 nitrogen and oxygen atoms in total. The van der Waals surface area contributed by atoms with E-state index in [1.807, 2.05) is 13.8 Å². The van der Waals surface area contributed by atoms with Crippen LogP contribution in [0.2, 0.25) is 0 Å². The number of Topliss-reactive ketones (excluding diaryl/α,β-unsaturated/α-hetero) is 1. The summed E-state index contributed by atoms with van der Waals surface area (Å²) >= 11 is 0. The molecule has 6 heteroatoms. The summed E-state index contributed by atoms with van der Waals surface area (Å²) in [7, 11) is -3.78. The lowest BCUT2D eigenvalue weighted by molar-refractivity contribution is 0.0911. The molecule has 0 unspecified atom stereocenters. The Hall–Kier alpha value is -1.95. The van der Waals surface area contributed by atoms with E-state index in [1.54, 1.807) is 25.1 Å². The van der Waals surface area contributed by atoms with E-state index in [1.165, 1.54) is 12.1 Å². The smallest absolute Gasteiger partial charge is 0.283 e. The molecular weight excluding hydrogens is 300 g/mol. The predicted molar refractivity (Wildman–Crippen MR) is 82.4 cm³/mol. The Bertz CT molecular complexity index is 849. The number of aromatic nitrogens is 2. The second-order valence-corrected chi connectivity index (χ2v) is 8.28. The number of rotatable bonds is 2. The minimum atomic E-state index is -3.78. The Morgan fingerprint density at radius 2 is 1.77 bits per heavy atom. The largest absolute Gasteiger partial charge is 0.294 e. The van der Waals surface area contributed by atoms with Gasteiger partial charge in [-0.2, -0.15) is 17.6 Å². The highest BCUT2D eigenvalue weighted by molar-refractivity contribution is 7.89. The van der Waals surface area contributed by atoms with Crippen LogP contribution in [0.3, 0.4) is 0 Å². The summed E-state index contributed by atoms with van der Waals surface area (Å²) < 4.78 is 26.7. The monoisotopic (exact) mass is 318 g/mol. The van der Waals surface area contributed by atoms with Crippen molar-refractivity contribution in [3.8, 4) is 0 Å². The fourth-order valence-electron chi connectivity index (χ4n) is 3.00. The molecule has 0 aliphatic heterocycles. The van der Waals surface area contributed by atoms with Crippen LogP contribution in [0.1, 0.15) is 42.0 Å². The molecule has 0 fully saturated rings. The first-order valence-corrected chi connectivity index (χ1v) is 8.59. The lowest BCUT2D eigenvalue weighted by Gasteiger charge is -2.28. The molecule has 116 valence electrons. The third kappa shape index (κ3) is 2.27. The van der Waals surface area contributed by atoms with Gasteiger partial charge in [-0.25, -0.2) is 0 Å². The number of ketones is 1. The minimum absolute atomic E-state index is 0.0294. The quantitative estimate of drug-likeness (QED) is 0.853. The number of nitrogens with zero attached hydrogens (tertiary/aromatic N) is 2. The molecule has 0 amide bonds. The maximum absolute atomic E-state index is 12.8. The van der Waals surface area contributed by atoms with E-state index in [2.05, 4.69) is 5.10 Å². The molecule has 0 bridgehead atoms. The molecule has 0 saturated heterocycles. The van der Waals surface area contributed by atoms with Crippen molar-refractivity contribution < 1.29 is 13.2 Å². The van der Waals surface area contributed by atoms with E-state index in [0.29, 0.717) is 29.8 Å². The number of hydrogen-bond acceptors (Lipinski definition) is 4. The second kappa shape index (κ2) is 4.78. The van der Waals surface area contributed by atoms with Gasteiger partial charge in [0.2, 0.25) is 0 Å². The van der Waals surface area contributed by atoms with Gasteiger partial charge in [-0.05, 0) is 30.9 Å². The number of benzene rings is 1. The van der Waals surface area contributed by atoms with E-state index >= 15 is 0 Å². The summed E-state index contributed by atoms with van der Waals surface area (Å²) in [6, 6.07) is 8.17. The van der Waals surface area contributed by atoms with Crippen molar-refractivity contribution >= 4 is 15.8 Å². The zero-order valence-corrected chi connectivity index (χ0v) is 13.6. The van der Waals surface area contributed by atoms with Gasteiger partial charge in [-0.1, -0.05) is 32.0 Å². The first-order chi connectivity index (χ1) is 10.2. The average molecular weight is 318 g/mol. The minimum Gasteiger partial charge on any atom is -0.294 e. The molecule has 1 aromatic carbocycles. The molecule has 22 heavy (non-hydrogen) atoms. The highest BCUT2D eigenvalue weighted by atomic mass is 32.2. The van der Waals surface area contributed by atoms with Crippen molar-refractivity contribution in [3.05, 3.63) is 47.3 Å².